The number of halogens is 1. The summed E-state index contributed by atoms with van der Waals surface area (Å²) >= 11 is 0. The van der Waals surface area contributed by atoms with Gasteiger partial charge in [-0.25, -0.2) is 4.39 Å². The Morgan fingerprint density at radius 2 is 1.80 bits per heavy atom. The molecule has 2 aromatic carbocycles. The summed E-state index contributed by atoms with van der Waals surface area (Å²) in [5, 5.41) is 3.40. The van der Waals surface area contributed by atoms with Crippen LogP contribution in [-0.4, -0.2) is 7.11 Å². The van der Waals surface area contributed by atoms with Gasteiger partial charge in [0.25, 0.3) is 0 Å². The lowest BCUT2D eigenvalue weighted by atomic mass is 10.0. The van der Waals surface area contributed by atoms with Gasteiger partial charge >= 0.3 is 0 Å². The van der Waals surface area contributed by atoms with E-state index in [0.717, 1.165) is 23.3 Å². The normalized spacial score (nSPS) is 12.2. The summed E-state index contributed by atoms with van der Waals surface area (Å²) < 4.78 is 18.9. The number of nitrogens with one attached hydrogen (secondary N) is 1. The summed E-state index contributed by atoms with van der Waals surface area (Å²) in [6.07, 6.45) is 0.844. The predicted octanol–water partition coefficient (Wildman–Crippen LogP) is 4.08. The molecule has 3 heteroatoms. The number of ether oxygens (including phenoxy) is 1. The van der Waals surface area contributed by atoms with Crippen molar-refractivity contribution in [2.24, 2.45) is 0 Å². The molecule has 0 saturated heterocycles. The third-order valence-electron chi connectivity index (χ3n) is 3.40. The first-order chi connectivity index (χ1) is 9.74. The van der Waals surface area contributed by atoms with Crippen LogP contribution in [0.15, 0.2) is 48.5 Å². The topological polar surface area (TPSA) is 21.3 Å². The van der Waals surface area contributed by atoms with Crippen LogP contribution >= 0.6 is 0 Å². The fourth-order valence-corrected chi connectivity index (χ4v) is 2.22. The molecule has 0 amide bonds. The first-order valence-electron chi connectivity index (χ1n) is 6.85. The summed E-state index contributed by atoms with van der Waals surface area (Å²) in [5.41, 5.74) is 1.88. The zero-order valence-corrected chi connectivity index (χ0v) is 11.9. The lowest BCUT2D eigenvalue weighted by Crippen LogP contribution is -2.21. The van der Waals surface area contributed by atoms with Crippen molar-refractivity contribution in [3.63, 3.8) is 0 Å². The van der Waals surface area contributed by atoms with Crippen LogP contribution in [0.25, 0.3) is 0 Å². The summed E-state index contributed by atoms with van der Waals surface area (Å²) in [4.78, 5) is 0. The second kappa shape index (κ2) is 7.06. The Morgan fingerprint density at radius 3 is 2.40 bits per heavy atom. The quantitative estimate of drug-likeness (QED) is 0.856. The highest BCUT2D eigenvalue weighted by molar-refractivity contribution is 5.27. The van der Waals surface area contributed by atoms with Crippen molar-refractivity contribution in [2.45, 2.75) is 25.9 Å². The molecule has 0 aromatic heterocycles. The van der Waals surface area contributed by atoms with E-state index < -0.39 is 0 Å². The van der Waals surface area contributed by atoms with Crippen molar-refractivity contribution in [2.75, 3.05) is 7.11 Å². The van der Waals surface area contributed by atoms with Crippen LogP contribution in [0.3, 0.4) is 0 Å². The molecule has 0 saturated carbocycles. The van der Waals surface area contributed by atoms with E-state index in [4.69, 9.17) is 4.74 Å². The minimum absolute atomic E-state index is 0.0262. The third-order valence-corrected chi connectivity index (χ3v) is 3.40. The zero-order valence-electron chi connectivity index (χ0n) is 11.9. The van der Waals surface area contributed by atoms with E-state index in [-0.39, 0.29) is 11.9 Å². The largest absolute Gasteiger partial charge is 0.497 e. The Balaban J connectivity index is 2.02. The molecule has 0 heterocycles. The fourth-order valence-electron chi connectivity index (χ4n) is 2.22. The number of benzene rings is 2. The second-order valence-electron chi connectivity index (χ2n) is 4.71. The molecule has 1 atom stereocenters. The van der Waals surface area contributed by atoms with Crippen LogP contribution in [0, 0.1) is 5.82 Å². The van der Waals surface area contributed by atoms with E-state index in [1.807, 2.05) is 36.4 Å². The van der Waals surface area contributed by atoms with E-state index in [2.05, 4.69) is 12.2 Å². The van der Waals surface area contributed by atoms with Crippen LogP contribution in [0.1, 0.15) is 30.5 Å². The maximum absolute atomic E-state index is 13.8. The molecule has 0 radical (unpaired) electrons. The van der Waals surface area contributed by atoms with Crippen molar-refractivity contribution >= 4 is 0 Å². The van der Waals surface area contributed by atoms with Crippen LogP contribution in [0.4, 0.5) is 4.39 Å². The molecule has 0 fully saturated rings. The summed E-state index contributed by atoms with van der Waals surface area (Å²) in [6, 6.07) is 14.9. The summed E-state index contributed by atoms with van der Waals surface area (Å²) in [7, 11) is 1.65. The Bertz CT molecular complexity index is 539. The summed E-state index contributed by atoms with van der Waals surface area (Å²) in [5.74, 6) is 0.691. The van der Waals surface area contributed by atoms with Crippen LogP contribution < -0.4 is 10.1 Å². The van der Waals surface area contributed by atoms with Gasteiger partial charge in [-0.15, -0.1) is 0 Å². The maximum Gasteiger partial charge on any atom is 0.127 e. The second-order valence-corrected chi connectivity index (χ2v) is 4.71. The highest BCUT2D eigenvalue weighted by Gasteiger charge is 2.12. The van der Waals surface area contributed by atoms with E-state index in [1.165, 1.54) is 6.07 Å². The van der Waals surface area contributed by atoms with Gasteiger partial charge in [0.2, 0.25) is 0 Å². The predicted molar refractivity (Wildman–Crippen MR) is 79.3 cm³/mol. The lowest BCUT2D eigenvalue weighted by Gasteiger charge is -2.18. The van der Waals surface area contributed by atoms with Crippen LogP contribution in [0.2, 0.25) is 0 Å². The molecule has 1 N–H and O–H groups in total. The Labute approximate surface area is 119 Å². The number of methoxy groups -OCH3 is 1. The molecular formula is C17H20FNO. The van der Waals surface area contributed by atoms with Gasteiger partial charge in [-0.2, -0.15) is 0 Å². The Kier molecular flexibility index (Phi) is 5.13. The standard InChI is InChI=1S/C17H20FNO/c1-3-17(15-6-4-5-7-16(15)18)19-12-13-8-10-14(20-2)11-9-13/h4-11,17,19H,3,12H2,1-2H3. The van der Waals surface area contributed by atoms with Gasteiger partial charge in [0, 0.05) is 18.2 Å². The molecule has 106 valence electrons. The molecule has 0 aliphatic heterocycles. The van der Waals surface area contributed by atoms with Gasteiger partial charge in [0.15, 0.2) is 0 Å². The van der Waals surface area contributed by atoms with Crippen LogP contribution in [0.5, 0.6) is 5.75 Å². The smallest absolute Gasteiger partial charge is 0.127 e. The molecule has 2 aromatic rings. The highest BCUT2D eigenvalue weighted by atomic mass is 19.1. The van der Waals surface area contributed by atoms with E-state index >= 15 is 0 Å². The van der Waals surface area contributed by atoms with Gasteiger partial charge in [0.05, 0.1) is 7.11 Å². The van der Waals surface area contributed by atoms with E-state index in [0.29, 0.717) is 6.54 Å². The molecule has 1 unspecified atom stereocenters. The molecule has 0 aliphatic rings. The van der Waals surface area contributed by atoms with Crippen molar-refractivity contribution in [3.8, 4) is 5.75 Å². The number of hydrogen-bond acceptors (Lipinski definition) is 2. The van der Waals surface area contributed by atoms with E-state index in [9.17, 15) is 4.39 Å². The van der Waals surface area contributed by atoms with Gasteiger partial charge in [-0.1, -0.05) is 37.3 Å². The minimum atomic E-state index is -0.151. The van der Waals surface area contributed by atoms with Crippen molar-refractivity contribution in [1.29, 1.82) is 0 Å². The third kappa shape index (κ3) is 3.58. The van der Waals surface area contributed by atoms with Crippen molar-refractivity contribution < 1.29 is 9.13 Å². The molecule has 0 aliphatic carbocycles. The molecule has 20 heavy (non-hydrogen) atoms. The molecule has 2 nitrogen and oxygen atoms in total. The summed E-state index contributed by atoms with van der Waals surface area (Å²) in [6.45, 7) is 2.76. The van der Waals surface area contributed by atoms with Crippen molar-refractivity contribution in [1.82, 2.24) is 5.32 Å². The first kappa shape index (κ1) is 14.5. The number of rotatable bonds is 6. The molecule has 0 spiro atoms. The number of hydrogen-bond donors (Lipinski definition) is 1. The zero-order chi connectivity index (χ0) is 14.4. The first-order valence-corrected chi connectivity index (χ1v) is 6.85. The molecular weight excluding hydrogens is 253 g/mol. The van der Waals surface area contributed by atoms with Crippen molar-refractivity contribution in [3.05, 3.63) is 65.5 Å². The average molecular weight is 273 g/mol. The monoisotopic (exact) mass is 273 g/mol. The maximum atomic E-state index is 13.8. The molecule has 2 rings (SSSR count). The Hall–Kier alpha value is -1.87. The van der Waals surface area contributed by atoms with E-state index in [1.54, 1.807) is 13.2 Å². The molecule has 0 bridgehead atoms. The lowest BCUT2D eigenvalue weighted by molar-refractivity contribution is 0.414. The fraction of sp³-hybridized carbons (Fsp3) is 0.294. The SMILES string of the molecule is CCC(NCc1ccc(OC)cc1)c1ccccc1F. The van der Waals surface area contributed by atoms with Gasteiger partial charge in [-0.05, 0) is 30.2 Å². The van der Waals surface area contributed by atoms with Gasteiger partial charge in [-0.3, -0.25) is 0 Å². The minimum Gasteiger partial charge on any atom is -0.497 e. The van der Waals surface area contributed by atoms with Gasteiger partial charge in [0.1, 0.15) is 11.6 Å². The average Bonchev–Trinajstić information content (AvgIpc) is 2.50. The highest BCUT2D eigenvalue weighted by Crippen LogP contribution is 2.20. The Morgan fingerprint density at radius 1 is 1.10 bits per heavy atom. The van der Waals surface area contributed by atoms with Crippen LogP contribution in [-0.2, 0) is 6.54 Å². The van der Waals surface area contributed by atoms with Gasteiger partial charge < -0.3 is 10.1 Å².